The summed E-state index contributed by atoms with van der Waals surface area (Å²) in [5, 5.41) is 4.84. The molecule has 1 N–H and O–H groups in total. The Balaban J connectivity index is 1.47. The number of anilines is 1. The summed E-state index contributed by atoms with van der Waals surface area (Å²) in [6.07, 6.45) is 0.0604. The van der Waals surface area contributed by atoms with Gasteiger partial charge in [-0.05, 0) is 31.2 Å². The highest BCUT2D eigenvalue weighted by atomic mass is 32.2. The number of rotatable bonds is 9. The van der Waals surface area contributed by atoms with Gasteiger partial charge >= 0.3 is 5.97 Å². The van der Waals surface area contributed by atoms with Crippen molar-refractivity contribution in [2.45, 2.75) is 18.2 Å². The summed E-state index contributed by atoms with van der Waals surface area (Å²) in [6, 6.07) is 6.28. The van der Waals surface area contributed by atoms with Gasteiger partial charge in [0, 0.05) is 31.6 Å². The Morgan fingerprint density at radius 1 is 1.16 bits per heavy atom. The number of sulfonamides is 1. The second-order valence-electron chi connectivity index (χ2n) is 7.03. The molecule has 1 aromatic carbocycles. The minimum atomic E-state index is -3.59. The molecule has 1 aromatic heterocycles. The SMILES string of the molecule is CCOC(=O)Cc1csc(NC(=O)CN2CCN(S(=O)(=O)c3ccc(OC)cc3)CC2)n1. The number of carbonyl (C=O) groups excluding carboxylic acids is 2. The van der Waals surface area contributed by atoms with Crippen molar-refractivity contribution in [3.05, 3.63) is 35.3 Å². The molecular weight excluding hydrogens is 456 g/mol. The van der Waals surface area contributed by atoms with E-state index in [0.717, 1.165) is 0 Å². The number of esters is 1. The maximum Gasteiger partial charge on any atom is 0.311 e. The highest BCUT2D eigenvalue weighted by Gasteiger charge is 2.29. The summed E-state index contributed by atoms with van der Waals surface area (Å²) in [5.41, 5.74) is 0.543. The fraction of sp³-hybridized carbons (Fsp3) is 0.450. The van der Waals surface area contributed by atoms with Gasteiger partial charge in [-0.25, -0.2) is 13.4 Å². The molecule has 12 heteroatoms. The van der Waals surface area contributed by atoms with Crippen LogP contribution in [0.15, 0.2) is 34.5 Å². The van der Waals surface area contributed by atoms with E-state index in [1.54, 1.807) is 24.4 Å². The smallest absolute Gasteiger partial charge is 0.311 e. The number of ether oxygens (including phenoxy) is 2. The van der Waals surface area contributed by atoms with Crippen molar-refractivity contribution < 1.29 is 27.5 Å². The minimum Gasteiger partial charge on any atom is -0.497 e. The quantitative estimate of drug-likeness (QED) is 0.530. The van der Waals surface area contributed by atoms with Crippen molar-refractivity contribution in [3.63, 3.8) is 0 Å². The van der Waals surface area contributed by atoms with Gasteiger partial charge in [-0.15, -0.1) is 11.3 Å². The molecule has 174 valence electrons. The van der Waals surface area contributed by atoms with E-state index in [9.17, 15) is 18.0 Å². The number of benzene rings is 1. The molecular formula is C20H26N4O6S2. The molecule has 1 amide bonds. The van der Waals surface area contributed by atoms with E-state index in [4.69, 9.17) is 9.47 Å². The van der Waals surface area contributed by atoms with Crippen LogP contribution in [-0.2, 0) is 30.8 Å². The summed E-state index contributed by atoms with van der Waals surface area (Å²) < 4.78 is 37.0. The number of nitrogens with one attached hydrogen (secondary N) is 1. The van der Waals surface area contributed by atoms with Crippen molar-refractivity contribution >= 4 is 38.4 Å². The topological polar surface area (TPSA) is 118 Å². The number of piperazine rings is 1. The van der Waals surface area contributed by atoms with Crippen LogP contribution in [0.3, 0.4) is 0 Å². The Bertz CT molecular complexity index is 1030. The molecule has 1 fully saturated rings. The number of hydrogen-bond donors (Lipinski definition) is 1. The normalized spacial score (nSPS) is 15.3. The number of amides is 1. The molecule has 3 rings (SSSR count). The summed E-state index contributed by atoms with van der Waals surface area (Å²) in [5.74, 6) is -0.0142. The number of carbonyl (C=O) groups is 2. The molecule has 1 aliphatic rings. The third kappa shape index (κ3) is 6.25. The van der Waals surface area contributed by atoms with Gasteiger partial charge in [0.15, 0.2) is 5.13 Å². The summed E-state index contributed by atoms with van der Waals surface area (Å²) in [4.78, 5) is 30.2. The average molecular weight is 483 g/mol. The number of thiazole rings is 1. The van der Waals surface area contributed by atoms with Crippen LogP contribution in [0.25, 0.3) is 0 Å². The second-order valence-corrected chi connectivity index (χ2v) is 9.83. The van der Waals surface area contributed by atoms with Crippen LogP contribution in [-0.4, -0.2) is 80.9 Å². The van der Waals surface area contributed by atoms with Gasteiger partial charge in [0.1, 0.15) is 5.75 Å². The first kappa shape index (κ1) is 24.1. The fourth-order valence-corrected chi connectivity index (χ4v) is 5.34. The van der Waals surface area contributed by atoms with Gasteiger partial charge in [0.25, 0.3) is 0 Å². The fourth-order valence-electron chi connectivity index (χ4n) is 3.19. The van der Waals surface area contributed by atoms with Crippen LogP contribution >= 0.6 is 11.3 Å². The van der Waals surface area contributed by atoms with Gasteiger partial charge in [-0.1, -0.05) is 0 Å². The molecule has 2 heterocycles. The standard InChI is InChI=1S/C20H26N4O6S2/c1-3-30-19(26)12-15-14-31-20(21-15)22-18(25)13-23-8-10-24(11-9-23)32(27,28)17-6-4-16(29-2)5-7-17/h4-7,14H,3,8-13H2,1-2H3,(H,21,22,25). The Morgan fingerprint density at radius 3 is 2.47 bits per heavy atom. The molecule has 0 aliphatic carbocycles. The Hall–Kier alpha value is -2.54. The molecule has 10 nitrogen and oxygen atoms in total. The summed E-state index contributed by atoms with van der Waals surface area (Å²) in [6.45, 7) is 3.64. The minimum absolute atomic E-state index is 0.0604. The molecule has 0 bridgehead atoms. The van der Waals surface area contributed by atoms with E-state index in [0.29, 0.717) is 49.4 Å². The van der Waals surface area contributed by atoms with E-state index < -0.39 is 10.0 Å². The molecule has 0 unspecified atom stereocenters. The van der Waals surface area contributed by atoms with Crippen molar-refractivity contribution in [3.8, 4) is 5.75 Å². The van der Waals surface area contributed by atoms with Crippen LogP contribution in [0.5, 0.6) is 5.75 Å². The van der Waals surface area contributed by atoms with Crippen LogP contribution in [0.1, 0.15) is 12.6 Å². The number of hydrogen-bond acceptors (Lipinski definition) is 9. The largest absolute Gasteiger partial charge is 0.497 e. The maximum atomic E-state index is 12.8. The van der Waals surface area contributed by atoms with Crippen LogP contribution < -0.4 is 10.1 Å². The first-order valence-corrected chi connectivity index (χ1v) is 12.4. The molecule has 32 heavy (non-hydrogen) atoms. The Labute approximate surface area is 191 Å². The van der Waals surface area contributed by atoms with Crippen molar-refractivity contribution in [1.29, 1.82) is 0 Å². The Kier molecular flexibility index (Phi) is 8.18. The lowest BCUT2D eigenvalue weighted by Crippen LogP contribution is -2.50. The van der Waals surface area contributed by atoms with Crippen molar-refractivity contribution in [2.24, 2.45) is 0 Å². The predicted octanol–water partition coefficient (Wildman–Crippen LogP) is 1.20. The van der Waals surface area contributed by atoms with Crippen molar-refractivity contribution in [2.75, 3.05) is 51.8 Å². The third-order valence-electron chi connectivity index (χ3n) is 4.82. The lowest BCUT2D eigenvalue weighted by molar-refractivity contribution is -0.142. The molecule has 0 spiro atoms. The number of nitrogens with zero attached hydrogens (tertiary/aromatic N) is 3. The molecule has 1 aliphatic heterocycles. The van der Waals surface area contributed by atoms with Crippen molar-refractivity contribution in [1.82, 2.24) is 14.2 Å². The number of methoxy groups -OCH3 is 1. The first-order chi connectivity index (χ1) is 15.3. The van der Waals surface area contributed by atoms with Crippen LogP contribution in [0.4, 0.5) is 5.13 Å². The van der Waals surface area contributed by atoms with Gasteiger partial charge in [0.2, 0.25) is 15.9 Å². The zero-order valence-corrected chi connectivity index (χ0v) is 19.6. The summed E-state index contributed by atoms with van der Waals surface area (Å²) >= 11 is 1.24. The number of aromatic nitrogens is 1. The maximum absolute atomic E-state index is 12.8. The van der Waals surface area contributed by atoms with E-state index in [2.05, 4.69) is 10.3 Å². The highest BCUT2D eigenvalue weighted by Crippen LogP contribution is 2.21. The Morgan fingerprint density at radius 2 is 1.84 bits per heavy atom. The lowest BCUT2D eigenvalue weighted by Gasteiger charge is -2.33. The molecule has 0 atom stereocenters. The van der Waals surface area contributed by atoms with E-state index in [1.165, 1.54) is 34.9 Å². The van der Waals surface area contributed by atoms with E-state index >= 15 is 0 Å². The van der Waals surface area contributed by atoms with Crippen LogP contribution in [0.2, 0.25) is 0 Å². The summed E-state index contributed by atoms with van der Waals surface area (Å²) in [7, 11) is -2.07. The van der Waals surface area contributed by atoms with Gasteiger partial charge in [-0.3, -0.25) is 14.5 Å². The zero-order chi connectivity index (χ0) is 23.1. The third-order valence-corrected chi connectivity index (χ3v) is 7.54. The molecule has 2 aromatic rings. The molecule has 0 saturated carbocycles. The second kappa shape index (κ2) is 10.9. The van der Waals surface area contributed by atoms with Gasteiger partial charge in [-0.2, -0.15) is 4.31 Å². The monoisotopic (exact) mass is 482 g/mol. The predicted molar refractivity (Wildman–Crippen MR) is 119 cm³/mol. The van der Waals surface area contributed by atoms with E-state index in [1.807, 2.05) is 4.90 Å². The highest BCUT2D eigenvalue weighted by molar-refractivity contribution is 7.89. The van der Waals surface area contributed by atoms with Gasteiger partial charge in [0.05, 0.1) is 37.3 Å². The average Bonchev–Trinajstić information content (AvgIpc) is 3.20. The lowest BCUT2D eigenvalue weighted by atomic mass is 10.3. The molecule has 1 saturated heterocycles. The zero-order valence-electron chi connectivity index (χ0n) is 17.9. The van der Waals surface area contributed by atoms with Crippen LogP contribution in [0, 0.1) is 0 Å². The van der Waals surface area contributed by atoms with Gasteiger partial charge < -0.3 is 14.8 Å². The van der Waals surface area contributed by atoms with E-state index in [-0.39, 0.29) is 29.7 Å². The molecule has 0 radical (unpaired) electrons. The first-order valence-electron chi connectivity index (χ1n) is 10.1.